The van der Waals surface area contributed by atoms with Gasteiger partial charge >= 0.3 is 0 Å². The molecule has 0 bridgehead atoms. The number of halogens is 1. The smallest absolute Gasteiger partial charge is 0.243 e. The van der Waals surface area contributed by atoms with Crippen LogP contribution in [0.3, 0.4) is 0 Å². The maximum atomic E-state index is 11.8. The lowest BCUT2D eigenvalue weighted by Gasteiger charge is -2.20. The van der Waals surface area contributed by atoms with Crippen molar-refractivity contribution in [1.82, 2.24) is 15.5 Å². The molecule has 0 aromatic heterocycles. The maximum Gasteiger partial charge on any atom is 0.243 e. The molecular formula is C19H29ClN4O2. The van der Waals surface area contributed by atoms with Crippen molar-refractivity contribution in [3.05, 3.63) is 29.3 Å². The first kappa shape index (κ1) is 20.4. The molecule has 0 spiro atoms. The number of nitrogens with one attached hydrogen (secondary N) is 2. The van der Waals surface area contributed by atoms with E-state index in [0.717, 1.165) is 18.6 Å². The number of ether oxygens (including phenoxy) is 1. The second-order valence-electron chi connectivity index (χ2n) is 6.84. The largest absolute Gasteiger partial charge is 0.489 e. The minimum atomic E-state index is -0.0590. The van der Waals surface area contributed by atoms with Crippen LogP contribution in [0.1, 0.15) is 32.6 Å². The Bertz CT molecular complexity index is 598. The van der Waals surface area contributed by atoms with E-state index < -0.39 is 0 Å². The number of hydrogen-bond acceptors (Lipinski definition) is 3. The number of likely N-dealkylation sites (N-methyl/N-ethyl adjacent to an activating group) is 1. The number of aliphatic imine (C=N–C) groups is 1. The van der Waals surface area contributed by atoms with Gasteiger partial charge in [0.15, 0.2) is 5.96 Å². The standard InChI is InChI=1S/C19H29ClN4O2/c1-14(26-17-10-8-15(20)9-11-17)12-21-19(22-13-18(25)24(2)3)23-16-6-4-5-7-16/h8-11,14,16H,4-7,12-13H2,1-3H3,(H2,21,22,23). The second-order valence-corrected chi connectivity index (χ2v) is 7.28. The van der Waals surface area contributed by atoms with E-state index >= 15 is 0 Å². The SMILES string of the molecule is CC(CNC(=NCC(=O)N(C)C)NC1CCCC1)Oc1ccc(Cl)cc1. The van der Waals surface area contributed by atoms with E-state index in [9.17, 15) is 4.79 Å². The number of amides is 1. The molecule has 1 aliphatic rings. The summed E-state index contributed by atoms with van der Waals surface area (Å²) in [5.41, 5.74) is 0. The highest BCUT2D eigenvalue weighted by molar-refractivity contribution is 6.30. The molecule has 6 nitrogen and oxygen atoms in total. The fraction of sp³-hybridized carbons (Fsp3) is 0.579. The van der Waals surface area contributed by atoms with E-state index in [1.807, 2.05) is 19.1 Å². The molecule has 26 heavy (non-hydrogen) atoms. The van der Waals surface area contributed by atoms with Gasteiger partial charge in [0.05, 0.1) is 6.54 Å². The molecule has 144 valence electrons. The van der Waals surface area contributed by atoms with Gasteiger partial charge in [-0.25, -0.2) is 4.99 Å². The topological polar surface area (TPSA) is 66.0 Å². The lowest BCUT2D eigenvalue weighted by Crippen LogP contribution is -2.46. The van der Waals surface area contributed by atoms with Crippen LogP contribution >= 0.6 is 11.6 Å². The number of hydrogen-bond donors (Lipinski definition) is 2. The van der Waals surface area contributed by atoms with Crippen LogP contribution in [-0.4, -0.2) is 56.1 Å². The van der Waals surface area contributed by atoms with Crippen molar-refractivity contribution in [2.75, 3.05) is 27.2 Å². The van der Waals surface area contributed by atoms with Crippen LogP contribution in [0, 0.1) is 0 Å². The van der Waals surface area contributed by atoms with Crippen LogP contribution in [0.5, 0.6) is 5.75 Å². The van der Waals surface area contributed by atoms with Gasteiger partial charge in [0.25, 0.3) is 0 Å². The third-order valence-electron chi connectivity index (χ3n) is 4.28. The Hall–Kier alpha value is -1.95. The Morgan fingerprint density at radius 3 is 2.58 bits per heavy atom. The van der Waals surface area contributed by atoms with Crippen LogP contribution in [0.15, 0.2) is 29.3 Å². The summed E-state index contributed by atoms with van der Waals surface area (Å²) in [6, 6.07) is 7.72. The molecule has 1 atom stereocenters. The zero-order valence-corrected chi connectivity index (χ0v) is 16.6. The van der Waals surface area contributed by atoms with Crippen molar-refractivity contribution in [1.29, 1.82) is 0 Å². The fourth-order valence-electron chi connectivity index (χ4n) is 2.73. The lowest BCUT2D eigenvalue weighted by molar-refractivity contribution is -0.127. The number of benzene rings is 1. The monoisotopic (exact) mass is 380 g/mol. The van der Waals surface area contributed by atoms with Gasteiger partial charge in [-0.05, 0) is 44.0 Å². The van der Waals surface area contributed by atoms with Gasteiger partial charge in [0.2, 0.25) is 5.91 Å². The van der Waals surface area contributed by atoms with Crippen LogP contribution in [0.2, 0.25) is 5.02 Å². The molecule has 1 aromatic rings. The van der Waals surface area contributed by atoms with Gasteiger partial charge in [-0.2, -0.15) is 0 Å². The fourth-order valence-corrected chi connectivity index (χ4v) is 2.86. The quantitative estimate of drug-likeness (QED) is 0.563. The molecule has 1 unspecified atom stereocenters. The molecule has 0 aliphatic heterocycles. The Morgan fingerprint density at radius 1 is 1.31 bits per heavy atom. The first-order valence-electron chi connectivity index (χ1n) is 9.11. The van der Waals surface area contributed by atoms with Crippen molar-refractivity contribution in [3.63, 3.8) is 0 Å². The lowest BCUT2D eigenvalue weighted by atomic mass is 10.2. The van der Waals surface area contributed by atoms with Gasteiger partial charge < -0.3 is 20.3 Å². The third-order valence-corrected chi connectivity index (χ3v) is 4.53. The molecule has 7 heteroatoms. The third kappa shape index (κ3) is 7.12. The van der Waals surface area contributed by atoms with Gasteiger partial charge in [0.1, 0.15) is 18.4 Å². The summed E-state index contributed by atoms with van der Waals surface area (Å²) in [6.07, 6.45) is 4.68. The zero-order chi connectivity index (χ0) is 18.9. The number of guanidine groups is 1. The predicted octanol–water partition coefficient (Wildman–Crippen LogP) is 2.67. The Kier molecular flexibility index (Phi) is 8.04. The predicted molar refractivity (Wildman–Crippen MR) is 106 cm³/mol. The molecule has 1 saturated carbocycles. The summed E-state index contributed by atoms with van der Waals surface area (Å²) in [5, 5.41) is 7.41. The van der Waals surface area contributed by atoms with E-state index in [0.29, 0.717) is 23.6 Å². The van der Waals surface area contributed by atoms with E-state index in [1.165, 1.54) is 12.8 Å². The normalized spacial score (nSPS) is 16.2. The summed E-state index contributed by atoms with van der Waals surface area (Å²) in [6.45, 7) is 2.69. The van der Waals surface area contributed by atoms with E-state index in [1.54, 1.807) is 31.1 Å². The molecule has 2 rings (SSSR count). The number of nitrogens with zero attached hydrogens (tertiary/aromatic N) is 2. The number of rotatable bonds is 7. The Morgan fingerprint density at radius 2 is 1.96 bits per heavy atom. The Balaban J connectivity index is 1.88. The molecule has 2 N–H and O–H groups in total. The molecule has 1 fully saturated rings. The molecular weight excluding hydrogens is 352 g/mol. The van der Waals surface area contributed by atoms with Crippen molar-refractivity contribution in [2.45, 2.75) is 44.8 Å². The van der Waals surface area contributed by atoms with Crippen LogP contribution in [0.4, 0.5) is 0 Å². The van der Waals surface area contributed by atoms with Gasteiger partial charge in [0, 0.05) is 25.2 Å². The summed E-state index contributed by atoms with van der Waals surface area (Å²) >= 11 is 5.89. The molecule has 0 radical (unpaired) electrons. The van der Waals surface area contributed by atoms with Gasteiger partial charge in [-0.3, -0.25) is 4.79 Å². The number of carbonyl (C=O) groups is 1. The summed E-state index contributed by atoms with van der Waals surface area (Å²) < 4.78 is 5.87. The van der Waals surface area contributed by atoms with Crippen LogP contribution in [0.25, 0.3) is 0 Å². The van der Waals surface area contributed by atoms with Crippen molar-refractivity contribution in [2.24, 2.45) is 4.99 Å². The van der Waals surface area contributed by atoms with Gasteiger partial charge in [-0.1, -0.05) is 24.4 Å². The first-order chi connectivity index (χ1) is 12.4. The summed E-state index contributed by atoms with van der Waals surface area (Å²) in [5.74, 6) is 1.41. The molecule has 1 amide bonds. The second kappa shape index (κ2) is 10.3. The van der Waals surface area contributed by atoms with Crippen LogP contribution in [-0.2, 0) is 4.79 Å². The van der Waals surface area contributed by atoms with Crippen molar-refractivity contribution >= 4 is 23.5 Å². The van der Waals surface area contributed by atoms with Crippen molar-refractivity contribution in [3.8, 4) is 5.75 Å². The zero-order valence-electron chi connectivity index (χ0n) is 15.8. The first-order valence-corrected chi connectivity index (χ1v) is 9.49. The molecule has 0 saturated heterocycles. The summed E-state index contributed by atoms with van der Waals surface area (Å²) in [7, 11) is 3.47. The molecule has 1 aliphatic carbocycles. The Labute approximate surface area is 161 Å². The highest BCUT2D eigenvalue weighted by Crippen LogP contribution is 2.18. The van der Waals surface area contributed by atoms with Crippen LogP contribution < -0.4 is 15.4 Å². The summed E-state index contributed by atoms with van der Waals surface area (Å²) in [4.78, 5) is 17.8. The van der Waals surface area contributed by atoms with E-state index in [4.69, 9.17) is 16.3 Å². The minimum Gasteiger partial charge on any atom is -0.489 e. The minimum absolute atomic E-state index is 0.0250. The molecule has 1 aromatic carbocycles. The van der Waals surface area contributed by atoms with E-state index in [-0.39, 0.29) is 18.6 Å². The highest BCUT2D eigenvalue weighted by atomic mass is 35.5. The van der Waals surface area contributed by atoms with Gasteiger partial charge in [-0.15, -0.1) is 0 Å². The number of carbonyl (C=O) groups excluding carboxylic acids is 1. The average Bonchev–Trinajstić information content (AvgIpc) is 3.12. The van der Waals surface area contributed by atoms with E-state index in [2.05, 4.69) is 15.6 Å². The maximum absolute atomic E-state index is 11.8. The highest BCUT2D eigenvalue weighted by Gasteiger charge is 2.17. The molecule has 0 heterocycles. The van der Waals surface area contributed by atoms with Crippen molar-refractivity contribution < 1.29 is 9.53 Å². The average molecular weight is 381 g/mol.